The van der Waals surface area contributed by atoms with Crippen molar-refractivity contribution in [3.05, 3.63) is 23.8 Å². The number of carbonyl (C=O) groups excluding carboxylic acids is 1. The van der Waals surface area contributed by atoms with Gasteiger partial charge in [0.25, 0.3) is 5.91 Å². The molecular formula is C12H16N2O3. The maximum Gasteiger partial charge on any atom is 0.255 e. The van der Waals surface area contributed by atoms with Crippen LogP contribution in [0.2, 0.25) is 0 Å². The van der Waals surface area contributed by atoms with Crippen LogP contribution in [0.5, 0.6) is 11.5 Å². The molecule has 0 spiro atoms. The van der Waals surface area contributed by atoms with Crippen molar-refractivity contribution >= 4 is 5.91 Å². The molecule has 17 heavy (non-hydrogen) atoms. The average molecular weight is 236 g/mol. The summed E-state index contributed by atoms with van der Waals surface area (Å²) in [4.78, 5) is 11.7. The maximum absolute atomic E-state index is 11.7. The zero-order chi connectivity index (χ0) is 12.3. The summed E-state index contributed by atoms with van der Waals surface area (Å²) in [7, 11) is 0. The van der Waals surface area contributed by atoms with Crippen LogP contribution in [0.15, 0.2) is 18.2 Å². The number of benzene rings is 1. The number of rotatable bonds is 5. The van der Waals surface area contributed by atoms with Crippen molar-refractivity contribution < 1.29 is 15.0 Å². The number of phenols is 2. The first-order valence-corrected chi connectivity index (χ1v) is 5.70. The molecule has 4 N–H and O–H groups in total. The molecule has 0 saturated heterocycles. The van der Waals surface area contributed by atoms with Crippen LogP contribution in [-0.2, 0) is 0 Å². The third kappa shape index (κ3) is 3.35. The second-order valence-electron chi connectivity index (χ2n) is 4.19. The molecule has 0 aromatic heterocycles. The summed E-state index contributed by atoms with van der Waals surface area (Å²) in [6, 6.07) is 4.54. The highest BCUT2D eigenvalue weighted by molar-refractivity contribution is 5.96. The summed E-state index contributed by atoms with van der Waals surface area (Å²) in [5.41, 5.74) is 0.175. The monoisotopic (exact) mass is 236 g/mol. The fourth-order valence-corrected chi connectivity index (χ4v) is 1.55. The lowest BCUT2D eigenvalue weighted by atomic mass is 10.2. The third-order valence-corrected chi connectivity index (χ3v) is 2.65. The summed E-state index contributed by atoms with van der Waals surface area (Å²) >= 11 is 0. The zero-order valence-electron chi connectivity index (χ0n) is 9.44. The van der Waals surface area contributed by atoms with Crippen LogP contribution in [0.25, 0.3) is 0 Å². The minimum Gasteiger partial charge on any atom is -0.508 e. The lowest BCUT2D eigenvalue weighted by Crippen LogP contribution is -2.32. The van der Waals surface area contributed by atoms with E-state index in [0.29, 0.717) is 12.6 Å². The number of hydrogen-bond donors (Lipinski definition) is 4. The lowest BCUT2D eigenvalue weighted by Gasteiger charge is -2.07. The minimum absolute atomic E-state index is 0.0607. The number of aromatic hydroxyl groups is 2. The van der Waals surface area contributed by atoms with Gasteiger partial charge in [0.05, 0.1) is 5.56 Å². The smallest absolute Gasteiger partial charge is 0.255 e. The standard InChI is InChI=1S/C12H16N2O3/c15-9-3-4-10(11(16)7-9)12(17)14-6-5-13-8-1-2-8/h3-4,7-8,13,15-16H,1-2,5-6H2,(H,14,17). The molecule has 1 aliphatic rings. The van der Waals surface area contributed by atoms with E-state index in [9.17, 15) is 9.90 Å². The molecular weight excluding hydrogens is 220 g/mol. The van der Waals surface area contributed by atoms with Crippen LogP contribution >= 0.6 is 0 Å². The highest BCUT2D eigenvalue weighted by atomic mass is 16.3. The van der Waals surface area contributed by atoms with Gasteiger partial charge in [0.1, 0.15) is 11.5 Å². The fraction of sp³-hybridized carbons (Fsp3) is 0.417. The van der Waals surface area contributed by atoms with Crippen LogP contribution in [-0.4, -0.2) is 35.3 Å². The summed E-state index contributed by atoms with van der Waals surface area (Å²) < 4.78 is 0. The van der Waals surface area contributed by atoms with Gasteiger partial charge in [0.2, 0.25) is 0 Å². The van der Waals surface area contributed by atoms with Gasteiger partial charge >= 0.3 is 0 Å². The van der Waals surface area contributed by atoms with Crippen molar-refractivity contribution in [1.82, 2.24) is 10.6 Å². The van der Waals surface area contributed by atoms with Crippen LogP contribution in [0, 0.1) is 0 Å². The maximum atomic E-state index is 11.7. The minimum atomic E-state index is -0.333. The normalized spacial score (nSPS) is 14.6. The summed E-state index contributed by atoms with van der Waals surface area (Å²) in [5, 5.41) is 24.5. The van der Waals surface area contributed by atoms with E-state index in [0.717, 1.165) is 12.6 Å². The quantitative estimate of drug-likeness (QED) is 0.564. The van der Waals surface area contributed by atoms with Gasteiger partial charge in [0, 0.05) is 25.2 Å². The summed E-state index contributed by atoms with van der Waals surface area (Å²) in [6.45, 7) is 1.25. The first-order chi connectivity index (χ1) is 8.16. The SMILES string of the molecule is O=C(NCCNC1CC1)c1ccc(O)cc1O. The Morgan fingerprint density at radius 2 is 2.06 bits per heavy atom. The highest BCUT2D eigenvalue weighted by Crippen LogP contribution is 2.22. The Balaban J connectivity index is 1.81. The first kappa shape index (κ1) is 11.7. The van der Waals surface area contributed by atoms with E-state index in [4.69, 9.17) is 5.11 Å². The van der Waals surface area contributed by atoms with E-state index in [2.05, 4.69) is 10.6 Å². The van der Waals surface area contributed by atoms with Gasteiger partial charge in [-0.2, -0.15) is 0 Å². The van der Waals surface area contributed by atoms with Gasteiger partial charge < -0.3 is 20.8 Å². The Kier molecular flexibility index (Phi) is 3.49. The topological polar surface area (TPSA) is 81.6 Å². The summed E-state index contributed by atoms with van der Waals surface area (Å²) in [5.74, 6) is -0.604. The largest absolute Gasteiger partial charge is 0.508 e. The Morgan fingerprint density at radius 1 is 1.29 bits per heavy atom. The van der Waals surface area contributed by atoms with Crippen molar-refractivity contribution in [1.29, 1.82) is 0 Å². The molecule has 0 aliphatic heterocycles. The molecule has 1 aromatic carbocycles. The molecule has 5 heteroatoms. The molecule has 1 fully saturated rings. The van der Waals surface area contributed by atoms with Crippen LogP contribution in [0.3, 0.4) is 0 Å². The Bertz CT molecular complexity index is 416. The average Bonchev–Trinajstić information content (AvgIpc) is 3.08. The van der Waals surface area contributed by atoms with E-state index >= 15 is 0 Å². The van der Waals surface area contributed by atoms with Gasteiger partial charge in [-0.05, 0) is 25.0 Å². The number of amides is 1. The van der Waals surface area contributed by atoms with Crippen molar-refractivity contribution in [3.63, 3.8) is 0 Å². The third-order valence-electron chi connectivity index (χ3n) is 2.65. The van der Waals surface area contributed by atoms with E-state index in [1.807, 2.05) is 0 Å². The predicted octanol–water partition coefficient (Wildman–Crippen LogP) is 0.580. The molecule has 5 nitrogen and oxygen atoms in total. The molecule has 0 radical (unpaired) electrons. The van der Waals surface area contributed by atoms with Gasteiger partial charge in [0.15, 0.2) is 0 Å². The van der Waals surface area contributed by atoms with Crippen LogP contribution < -0.4 is 10.6 Å². The molecule has 1 amide bonds. The molecule has 1 aliphatic carbocycles. The summed E-state index contributed by atoms with van der Waals surface area (Å²) in [6.07, 6.45) is 2.43. The molecule has 2 rings (SSSR count). The van der Waals surface area contributed by atoms with E-state index < -0.39 is 0 Å². The molecule has 0 bridgehead atoms. The molecule has 1 aromatic rings. The number of phenolic OH excluding ortho intramolecular Hbond substituents is 2. The number of hydrogen-bond acceptors (Lipinski definition) is 4. The molecule has 92 valence electrons. The molecule has 0 atom stereocenters. The van der Waals surface area contributed by atoms with E-state index in [1.165, 1.54) is 25.0 Å². The Morgan fingerprint density at radius 3 is 2.71 bits per heavy atom. The Hall–Kier alpha value is -1.75. The van der Waals surface area contributed by atoms with Crippen LogP contribution in [0.1, 0.15) is 23.2 Å². The number of nitrogens with one attached hydrogen (secondary N) is 2. The first-order valence-electron chi connectivity index (χ1n) is 5.70. The van der Waals surface area contributed by atoms with Gasteiger partial charge in [-0.15, -0.1) is 0 Å². The van der Waals surface area contributed by atoms with E-state index in [-0.39, 0.29) is 23.0 Å². The van der Waals surface area contributed by atoms with Gasteiger partial charge in [-0.25, -0.2) is 0 Å². The van der Waals surface area contributed by atoms with Gasteiger partial charge in [-0.3, -0.25) is 4.79 Å². The second-order valence-corrected chi connectivity index (χ2v) is 4.19. The predicted molar refractivity (Wildman–Crippen MR) is 63.1 cm³/mol. The second kappa shape index (κ2) is 5.05. The molecule has 1 saturated carbocycles. The van der Waals surface area contributed by atoms with Crippen molar-refractivity contribution in [2.75, 3.05) is 13.1 Å². The zero-order valence-corrected chi connectivity index (χ0v) is 9.44. The number of carbonyl (C=O) groups is 1. The highest BCUT2D eigenvalue weighted by Gasteiger charge is 2.19. The lowest BCUT2D eigenvalue weighted by molar-refractivity contribution is 0.0951. The van der Waals surface area contributed by atoms with Crippen molar-refractivity contribution in [2.24, 2.45) is 0 Å². The van der Waals surface area contributed by atoms with Crippen LogP contribution in [0.4, 0.5) is 0 Å². The van der Waals surface area contributed by atoms with Crippen molar-refractivity contribution in [2.45, 2.75) is 18.9 Å². The van der Waals surface area contributed by atoms with Crippen molar-refractivity contribution in [3.8, 4) is 11.5 Å². The molecule has 0 heterocycles. The fourth-order valence-electron chi connectivity index (χ4n) is 1.55. The Labute approximate surface area is 99.5 Å². The molecule has 0 unspecified atom stereocenters. The van der Waals surface area contributed by atoms with Gasteiger partial charge in [-0.1, -0.05) is 0 Å². The van der Waals surface area contributed by atoms with E-state index in [1.54, 1.807) is 0 Å².